The molecule has 0 spiro atoms. The monoisotopic (exact) mass is 388 g/mol. The summed E-state index contributed by atoms with van der Waals surface area (Å²) in [5.74, 6) is -1.69. The average molecular weight is 388 g/mol. The molecule has 0 fully saturated rings. The molecule has 0 bridgehead atoms. The van der Waals surface area contributed by atoms with E-state index in [1.807, 2.05) is 6.92 Å². The normalized spacial score (nSPS) is 11.7. The lowest BCUT2D eigenvalue weighted by molar-refractivity contribution is -0.140. The number of halogens is 2. The maximum Gasteiger partial charge on any atom is 0.242 e. The van der Waals surface area contributed by atoms with Crippen LogP contribution in [0.25, 0.3) is 0 Å². The van der Waals surface area contributed by atoms with E-state index in [9.17, 15) is 18.4 Å². The second-order valence-corrected chi connectivity index (χ2v) is 6.70. The molecule has 0 aliphatic heterocycles. The fraction of sp³-hybridized carbons (Fsp3) is 0.364. The minimum Gasteiger partial charge on any atom is -0.354 e. The Kier molecular flexibility index (Phi) is 8.11. The first kappa shape index (κ1) is 21.5. The summed E-state index contributed by atoms with van der Waals surface area (Å²) in [4.78, 5) is 26.7. The highest BCUT2D eigenvalue weighted by atomic mass is 19.1. The second-order valence-electron chi connectivity index (χ2n) is 6.70. The SMILES string of the molecule is CCCCNC(=O)[C@H](C)N(Cc1ccccc1F)C(=O)Cc1ccccc1F. The Labute approximate surface area is 164 Å². The topological polar surface area (TPSA) is 49.4 Å². The van der Waals surface area contributed by atoms with Crippen molar-refractivity contribution < 1.29 is 18.4 Å². The van der Waals surface area contributed by atoms with Gasteiger partial charge in [-0.1, -0.05) is 49.7 Å². The molecule has 0 heterocycles. The molecule has 0 aliphatic carbocycles. The molecule has 6 heteroatoms. The van der Waals surface area contributed by atoms with E-state index in [1.54, 1.807) is 37.3 Å². The smallest absolute Gasteiger partial charge is 0.242 e. The number of unbranched alkanes of at least 4 members (excludes halogenated alkanes) is 1. The number of benzene rings is 2. The zero-order valence-corrected chi connectivity index (χ0v) is 16.3. The van der Waals surface area contributed by atoms with Crippen molar-refractivity contribution in [1.82, 2.24) is 10.2 Å². The van der Waals surface area contributed by atoms with Gasteiger partial charge >= 0.3 is 0 Å². The molecule has 0 aliphatic rings. The zero-order chi connectivity index (χ0) is 20.5. The van der Waals surface area contributed by atoms with Crippen LogP contribution in [-0.4, -0.2) is 29.3 Å². The van der Waals surface area contributed by atoms with Crippen LogP contribution < -0.4 is 5.32 Å². The summed E-state index contributed by atoms with van der Waals surface area (Å²) < 4.78 is 28.1. The van der Waals surface area contributed by atoms with Crippen molar-refractivity contribution in [3.05, 3.63) is 71.3 Å². The third-order valence-electron chi connectivity index (χ3n) is 4.59. The molecule has 0 saturated heterocycles. The highest BCUT2D eigenvalue weighted by Gasteiger charge is 2.27. The Morgan fingerprint density at radius 2 is 1.57 bits per heavy atom. The minimum atomic E-state index is -0.810. The number of nitrogens with zero attached hydrogens (tertiary/aromatic N) is 1. The van der Waals surface area contributed by atoms with E-state index in [-0.39, 0.29) is 24.4 Å². The van der Waals surface area contributed by atoms with Gasteiger partial charge in [0.25, 0.3) is 0 Å². The molecule has 2 aromatic rings. The number of amides is 2. The zero-order valence-electron chi connectivity index (χ0n) is 16.3. The highest BCUT2D eigenvalue weighted by molar-refractivity contribution is 5.88. The number of carbonyl (C=O) groups excluding carboxylic acids is 2. The lowest BCUT2D eigenvalue weighted by Gasteiger charge is -2.29. The number of hydrogen-bond donors (Lipinski definition) is 1. The van der Waals surface area contributed by atoms with Crippen molar-refractivity contribution in [2.24, 2.45) is 0 Å². The number of hydrogen-bond acceptors (Lipinski definition) is 2. The predicted octanol–water partition coefficient (Wildman–Crippen LogP) is 3.84. The first-order valence-electron chi connectivity index (χ1n) is 9.48. The van der Waals surface area contributed by atoms with E-state index < -0.39 is 23.6 Å². The van der Waals surface area contributed by atoms with Gasteiger partial charge in [0.15, 0.2) is 0 Å². The largest absolute Gasteiger partial charge is 0.354 e. The molecule has 2 amide bonds. The number of nitrogens with one attached hydrogen (secondary N) is 1. The lowest BCUT2D eigenvalue weighted by atomic mass is 10.1. The first-order chi connectivity index (χ1) is 13.4. The lowest BCUT2D eigenvalue weighted by Crippen LogP contribution is -2.48. The Bertz CT molecular complexity index is 811. The second kappa shape index (κ2) is 10.5. The predicted molar refractivity (Wildman–Crippen MR) is 104 cm³/mol. The number of carbonyl (C=O) groups is 2. The van der Waals surface area contributed by atoms with Gasteiger partial charge in [0.05, 0.1) is 6.42 Å². The molecule has 0 radical (unpaired) electrons. The molecule has 0 unspecified atom stereocenters. The molecule has 4 nitrogen and oxygen atoms in total. The molecule has 150 valence electrons. The summed E-state index contributed by atoms with van der Waals surface area (Å²) in [5.41, 5.74) is 0.544. The van der Waals surface area contributed by atoms with E-state index in [2.05, 4.69) is 5.32 Å². The van der Waals surface area contributed by atoms with Crippen molar-refractivity contribution in [3.8, 4) is 0 Å². The fourth-order valence-corrected chi connectivity index (χ4v) is 2.84. The Morgan fingerprint density at radius 3 is 2.14 bits per heavy atom. The van der Waals surface area contributed by atoms with E-state index in [1.165, 1.54) is 23.1 Å². The van der Waals surface area contributed by atoms with Crippen LogP contribution in [0.15, 0.2) is 48.5 Å². The van der Waals surface area contributed by atoms with Gasteiger partial charge < -0.3 is 10.2 Å². The van der Waals surface area contributed by atoms with E-state index >= 15 is 0 Å². The molecule has 1 N–H and O–H groups in total. The van der Waals surface area contributed by atoms with Crippen molar-refractivity contribution in [2.75, 3.05) is 6.54 Å². The van der Waals surface area contributed by atoms with Crippen LogP contribution in [0.4, 0.5) is 8.78 Å². The standard InChI is InChI=1S/C22H26F2N2O2/c1-3-4-13-25-22(28)16(2)26(15-18-10-6-8-12-20(18)24)21(27)14-17-9-5-7-11-19(17)23/h5-12,16H,3-4,13-15H2,1-2H3,(H,25,28)/t16-/m0/s1. The average Bonchev–Trinajstić information content (AvgIpc) is 2.68. The molecule has 2 rings (SSSR count). The van der Waals surface area contributed by atoms with Crippen LogP contribution in [0.5, 0.6) is 0 Å². The summed E-state index contributed by atoms with van der Waals surface area (Å²) in [5, 5.41) is 2.79. The summed E-state index contributed by atoms with van der Waals surface area (Å²) in [6, 6.07) is 11.3. The van der Waals surface area contributed by atoms with Crippen LogP contribution in [0.3, 0.4) is 0 Å². The van der Waals surface area contributed by atoms with Gasteiger partial charge in [-0.05, 0) is 31.0 Å². The third kappa shape index (κ3) is 5.87. The van der Waals surface area contributed by atoms with Crippen LogP contribution in [0.2, 0.25) is 0 Å². The van der Waals surface area contributed by atoms with Gasteiger partial charge in [-0.3, -0.25) is 9.59 Å². The van der Waals surface area contributed by atoms with Crippen LogP contribution in [0.1, 0.15) is 37.8 Å². The third-order valence-corrected chi connectivity index (χ3v) is 4.59. The maximum absolute atomic E-state index is 14.1. The first-order valence-corrected chi connectivity index (χ1v) is 9.48. The highest BCUT2D eigenvalue weighted by Crippen LogP contribution is 2.16. The molecular weight excluding hydrogens is 362 g/mol. The van der Waals surface area contributed by atoms with Crippen LogP contribution in [0, 0.1) is 11.6 Å². The summed E-state index contributed by atoms with van der Waals surface area (Å²) in [6.07, 6.45) is 1.56. The van der Waals surface area contributed by atoms with Gasteiger partial charge in [0.1, 0.15) is 17.7 Å². The summed E-state index contributed by atoms with van der Waals surface area (Å²) in [6.45, 7) is 4.05. The summed E-state index contributed by atoms with van der Waals surface area (Å²) >= 11 is 0. The van der Waals surface area contributed by atoms with Crippen LogP contribution in [-0.2, 0) is 22.6 Å². The van der Waals surface area contributed by atoms with Crippen molar-refractivity contribution in [1.29, 1.82) is 0 Å². The van der Waals surface area contributed by atoms with Gasteiger partial charge in [-0.15, -0.1) is 0 Å². The Morgan fingerprint density at radius 1 is 1.00 bits per heavy atom. The van der Waals surface area contributed by atoms with Gasteiger partial charge in [0, 0.05) is 18.7 Å². The van der Waals surface area contributed by atoms with E-state index in [4.69, 9.17) is 0 Å². The van der Waals surface area contributed by atoms with Gasteiger partial charge in [-0.2, -0.15) is 0 Å². The number of rotatable bonds is 9. The fourth-order valence-electron chi connectivity index (χ4n) is 2.84. The van der Waals surface area contributed by atoms with Crippen LogP contribution >= 0.6 is 0 Å². The van der Waals surface area contributed by atoms with Crippen molar-refractivity contribution in [2.45, 2.75) is 45.7 Å². The Balaban J connectivity index is 2.22. The minimum absolute atomic E-state index is 0.0671. The van der Waals surface area contributed by atoms with E-state index in [0.717, 1.165) is 12.8 Å². The maximum atomic E-state index is 14.1. The van der Waals surface area contributed by atoms with Gasteiger partial charge in [0.2, 0.25) is 11.8 Å². The molecule has 28 heavy (non-hydrogen) atoms. The molecular formula is C22H26F2N2O2. The quantitative estimate of drug-likeness (QED) is 0.664. The summed E-state index contributed by atoms with van der Waals surface area (Å²) in [7, 11) is 0. The van der Waals surface area contributed by atoms with Gasteiger partial charge in [-0.25, -0.2) is 8.78 Å². The Hall–Kier alpha value is -2.76. The van der Waals surface area contributed by atoms with E-state index in [0.29, 0.717) is 12.1 Å². The van der Waals surface area contributed by atoms with Crippen molar-refractivity contribution in [3.63, 3.8) is 0 Å². The molecule has 2 aromatic carbocycles. The molecule has 0 saturated carbocycles. The molecule has 0 aromatic heterocycles. The molecule has 1 atom stereocenters. The van der Waals surface area contributed by atoms with Crippen molar-refractivity contribution >= 4 is 11.8 Å².